The van der Waals surface area contributed by atoms with E-state index in [2.05, 4.69) is 5.32 Å². The van der Waals surface area contributed by atoms with Gasteiger partial charge in [0.05, 0.1) is 10.6 Å². The molecule has 0 spiro atoms. The molecule has 3 aromatic carbocycles. The van der Waals surface area contributed by atoms with Crippen molar-refractivity contribution in [1.29, 1.82) is 0 Å². The third kappa shape index (κ3) is 7.64. The van der Waals surface area contributed by atoms with E-state index in [4.69, 9.17) is 11.6 Å². The zero-order chi connectivity index (χ0) is 29.4. The molecule has 0 heterocycles. The molecule has 7 nitrogen and oxygen atoms in total. The summed E-state index contributed by atoms with van der Waals surface area (Å²) in [6.45, 7) is 9.01. The quantitative estimate of drug-likeness (QED) is 0.295. The monoisotopic (exact) mass is 583 g/mol. The Kier molecular flexibility index (Phi) is 10.8. The second-order valence-electron chi connectivity index (χ2n) is 10.0. The van der Waals surface area contributed by atoms with Gasteiger partial charge in [0.2, 0.25) is 11.8 Å². The molecule has 0 saturated heterocycles. The van der Waals surface area contributed by atoms with Gasteiger partial charge in [-0.25, -0.2) is 8.42 Å². The van der Waals surface area contributed by atoms with E-state index in [0.29, 0.717) is 23.6 Å². The van der Waals surface area contributed by atoms with Crippen LogP contribution in [0.2, 0.25) is 5.02 Å². The summed E-state index contributed by atoms with van der Waals surface area (Å²) in [7, 11) is -4.11. The van der Waals surface area contributed by atoms with E-state index in [1.54, 1.807) is 60.7 Å². The Hall–Kier alpha value is -3.36. The van der Waals surface area contributed by atoms with Gasteiger partial charge in [-0.3, -0.25) is 13.9 Å². The lowest BCUT2D eigenvalue weighted by Crippen LogP contribution is -2.53. The van der Waals surface area contributed by atoms with Gasteiger partial charge in [0, 0.05) is 17.6 Å². The molecule has 40 heavy (non-hydrogen) atoms. The average Bonchev–Trinajstić information content (AvgIpc) is 2.92. The summed E-state index contributed by atoms with van der Waals surface area (Å²) in [5.41, 5.74) is 2.92. The maximum atomic E-state index is 14.1. The maximum Gasteiger partial charge on any atom is 0.264 e. The fourth-order valence-corrected chi connectivity index (χ4v) is 6.07. The van der Waals surface area contributed by atoms with Gasteiger partial charge in [-0.2, -0.15) is 0 Å². The fourth-order valence-electron chi connectivity index (χ4n) is 4.49. The summed E-state index contributed by atoms with van der Waals surface area (Å²) in [6.07, 6.45) is 0.932. The molecule has 0 aliphatic heterocycles. The van der Waals surface area contributed by atoms with Crippen LogP contribution in [-0.2, 0) is 32.6 Å². The number of nitrogens with one attached hydrogen (secondary N) is 1. The third-order valence-corrected chi connectivity index (χ3v) is 8.64. The van der Waals surface area contributed by atoms with Crippen LogP contribution in [0.4, 0.5) is 5.69 Å². The summed E-state index contributed by atoms with van der Waals surface area (Å²) < 4.78 is 29.3. The molecule has 1 N–H and O–H groups in total. The molecule has 3 rings (SSSR count). The van der Waals surface area contributed by atoms with Crippen LogP contribution in [0.25, 0.3) is 0 Å². The predicted molar refractivity (Wildman–Crippen MR) is 161 cm³/mol. The molecule has 0 bridgehead atoms. The van der Waals surface area contributed by atoms with E-state index in [-0.39, 0.29) is 23.4 Å². The number of nitrogens with zero attached hydrogens (tertiary/aromatic N) is 2. The normalized spacial score (nSPS) is 12.2. The number of carbonyl (C=O) groups excluding carboxylic acids is 2. The fraction of sp³-hybridized carbons (Fsp3) is 0.355. The Morgan fingerprint density at radius 2 is 1.55 bits per heavy atom. The second kappa shape index (κ2) is 13.8. The lowest BCUT2D eigenvalue weighted by molar-refractivity contribution is -0.140. The Labute approximate surface area is 243 Å². The predicted octanol–water partition coefficient (Wildman–Crippen LogP) is 5.74. The number of hydrogen-bond acceptors (Lipinski definition) is 4. The maximum absolute atomic E-state index is 14.1. The number of benzene rings is 3. The topological polar surface area (TPSA) is 86.8 Å². The van der Waals surface area contributed by atoms with E-state index in [1.165, 1.54) is 9.21 Å². The van der Waals surface area contributed by atoms with Crippen molar-refractivity contribution in [3.8, 4) is 0 Å². The van der Waals surface area contributed by atoms with Crippen LogP contribution in [0.5, 0.6) is 0 Å². The van der Waals surface area contributed by atoms with Crippen molar-refractivity contribution < 1.29 is 18.0 Å². The van der Waals surface area contributed by atoms with Crippen LogP contribution in [0.15, 0.2) is 77.7 Å². The number of rotatable bonds is 12. The van der Waals surface area contributed by atoms with Gasteiger partial charge < -0.3 is 10.2 Å². The highest BCUT2D eigenvalue weighted by atomic mass is 35.5. The molecule has 0 fully saturated rings. The molecule has 0 aliphatic rings. The number of hydrogen-bond donors (Lipinski definition) is 1. The Bertz CT molecular complexity index is 1410. The van der Waals surface area contributed by atoms with Gasteiger partial charge in [0.25, 0.3) is 10.0 Å². The van der Waals surface area contributed by atoms with E-state index in [1.807, 2.05) is 46.8 Å². The molecular formula is C31H38ClN3O4S. The van der Waals surface area contributed by atoms with E-state index in [9.17, 15) is 18.0 Å². The van der Waals surface area contributed by atoms with Crippen molar-refractivity contribution in [2.24, 2.45) is 0 Å². The molecule has 0 saturated carbocycles. The minimum Gasteiger partial charge on any atom is -0.352 e. The highest BCUT2D eigenvalue weighted by Gasteiger charge is 2.34. The molecule has 2 amide bonds. The van der Waals surface area contributed by atoms with Crippen molar-refractivity contribution in [2.75, 3.05) is 10.8 Å². The Morgan fingerprint density at radius 3 is 2.12 bits per heavy atom. The minimum absolute atomic E-state index is 0.0886. The van der Waals surface area contributed by atoms with Crippen molar-refractivity contribution in [1.82, 2.24) is 10.2 Å². The van der Waals surface area contributed by atoms with Crippen molar-refractivity contribution in [3.05, 3.63) is 94.5 Å². The number of amides is 2. The molecular weight excluding hydrogens is 546 g/mol. The van der Waals surface area contributed by atoms with Crippen LogP contribution in [0, 0.1) is 6.92 Å². The lowest BCUT2D eigenvalue weighted by atomic mass is 10.1. The van der Waals surface area contributed by atoms with Crippen molar-refractivity contribution >= 4 is 39.1 Å². The first-order chi connectivity index (χ1) is 19.0. The molecule has 0 aromatic heterocycles. The number of anilines is 1. The molecule has 0 radical (unpaired) electrons. The molecule has 214 valence electrons. The Balaban J connectivity index is 2.09. The largest absolute Gasteiger partial charge is 0.352 e. The van der Waals surface area contributed by atoms with Crippen molar-refractivity contribution in [3.63, 3.8) is 0 Å². The third-order valence-electron chi connectivity index (χ3n) is 6.61. The second-order valence-corrected chi connectivity index (χ2v) is 12.3. The first kappa shape index (κ1) is 31.2. The van der Waals surface area contributed by atoms with Gasteiger partial charge in [-0.15, -0.1) is 0 Å². The SMILES string of the molecule is CCc1ccccc1N(CC(=O)N(Cc1ccc(Cl)cc1)C(CC)C(=O)NC(C)C)S(=O)(=O)c1ccc(C)cc1. The van der Waals surface area contributed by atoms with Crippen LogP contribution < -0.4 is 9.62 Å². The first-order valence-electron chi connectivity index (χ1n) is 13.5. The standard InChI is InChI=1S/C31H38ClN3O4S/c1-6-25-10-8-9-11-29(25)35(40(38,39)27-18-12-23(5)13-19-27)21-30(36)34(20-24-14-16-26(32)17-15-24)28(7-2)31(37)33-22(3)4/h8-19,22,28H,6-7,20-21H2,1-5H3,(H,33,37). The van der Waals surface area contributed by atoms with Crippen molar-refractivity contribution in [2.45, 2.75) is 71.0 Å². The number of sulfonamides is 1. The summed E-state index contributed by atoms with van der Waals surface area (Å²) in [6, 6.07) is 19.8. The highest BCUT2D eigenvalue weighted by Crippen LogP contribution is 2.28. The van der Waals surface area contributed by atoms with E-state index < -0.39 is 28.5 Å². The summed E-state index contributed by atoms with van der Waals surface area (Å²) in [4.78, 5) is 28.9. The Morgan fingerprint density at radius 1 is 0.925 bits per heavy atom. The number of aryl methyl sites for hydroxylation is 2. The van der Waals surface area contributed by atoms with Crippen LogP contribution in [0.1, 0.15) is 50.8 Å². The number of para-hydroxylation sites is 1. The molecule has 1 atom stereocenters. The zero-order valence-electron chi connectivity index (χ0n) is 23.7. The molecule has 1 unspecified atom stereocenters. The van der Waals surface area contributed by atoms with Gasteiger partial charge in [0.1, 0.15) is 12.6 Å². The van der Waals surface area contributed by atoms with E-state index in [0.717, 1.165) is 16.7 Å². The number of carbonyl (C=O) groups is 2. The highest BCUT2D eigenvalue weighted by molar-refractivity contribution is 7.92. The van der Waals surface area contributed by atoms with Crippen LogP contribution >= 0.6 is 11.6 Å². The van der Waals surface area contributed by atoms with Gasteiger partial charge >= 0.3 is 0 Å². The minimum atomic E-state index is -4.11. The molecule has 3 aromatic rings. The smallest absolute Gasteiger partial charge is 0.264 e. The molecule has 0 aliphatic carbocycles. The number of halogens is 1. The molecule has 9 heteroatoms. The van der Waals surface area contributed by atoms with Gasteiger partial charge in [-0.1, -0.05) is 73.5 Å². The van der Waals surface area contributed by atoms with E-state index >= 15 is 0 Å². The lowest BCUT2D eigenvalue weighted by Gasteiger charge is -2.34. The zero-order valence-corrected chi connectivity index (χ0v) is 25.3. The van der Waals surface area contributed by atoms with Crippen LogP contribution in [0.3, 0.4) is 0 Å². The van der Waals surface area contributed by atoms with Gasteiger partial charge in [0.15, 0.2) is 0 Å². The van der Waals surface area contributed by atoms with Gasteiger partial charge in [-0.05, 0) is 75.1 Å². The first-order valence-corrected chi connectivity index (χ1v) is 15.3. The summed E-state index contributed by atoms with van der Waals surface area (Å²) >= 11 is 6.07. The summed E-state index contributed by atoms with van der Waals surface area (Å²) in [5, 5.41) is 3.46. The summed E-state index contributed by atoms with van der Waals surface area (Å²) in [5.74, 6) is -0.774. The average molecular weight is 584 g/mol. The van der Waals surface area contributed by atoms with Crippen LogP contribution in [-0.4, -0.2) is 43.8 Å².